The van der Waals surface area contributed by atoms with Crippen molar-refractivity contribution in [1.82, 2.24) is 14.9 Å². The van der Waals surface area contributed by atoms with Crippen molar-refractivity contribution in [2.45, 2.75) is 50.6 Å². The van der Waals surface area contributed by atoms with E-state index in [1.807, 2.05) is 18.2 Å². The molecule has 2 aliphatic rings. The smallest absolute Gasteiger partial charge is 0.232 e. The zero-order valence-corrected chi connectivity index (χ0v) is 14.8. The summed E-state index contributed by atoms with van der Waals surface area (Å²) in [6.07, 6.45) is 7.11. The molecule has 1 N–H and O–H groups in total. The minimum Gasteiger partial charge on any atom is -0.357 e. The van der Waals surface area contributed by atoms with Gasteiger partial charge in [0.2, 0.25) is 5.91 Å². The number of H-pyrrole nitrogens is 1. The van der Waals surface area contributed by atoms with Crippen LogP contribution in [-0.4, -0.2) is 26.8 Å². The van der Waals surface area contributed by atoms with Crippen molar-refractivity contribution in [1.29, 1.82) is 0 Å². The Balaban J connectivity index is 1.48. The van der Waals surface area contributed by atoms with Crippen LogP contribution in [0, 0.1) is 0 Å². The Morgan fingerprint density at radius 3 is 2.77 bits per heavy atom. The maximum absolute atomic E-state index is 13.5. The molecule has 1 atom stereocenters. The van der Waals surface area contributed by atoms with E-state index in [1.165, 1.54) is 10.9 Å². The third kappa shape index (κ3) is 2.70. The monoisotopic (exact) mass is 345 g/mol. The normalized spacial score (nSPS) is 19.3. The van der Waals surface area contributed by atoms with Gasteiger partial charge in [0.25, 0.3) is 0 Å². The first kappa shape index (κ1) is 15.6. The van der Waals surface area contributed by atoms with E-state index >= 15 is 0 Å². The molecular weight excluding hydrogens is 322 g/mol. The Kier molecular flexibility index (Phi) is 3.77. The molecule has 0 unspecified atom stereocenters. The van der Waals surface area contributed by atoms with Crippen LogP contribution in [0.2, 0.25) is 0 Å². The summed E-state index contributed by atoms with van der Waals surface area (Å²) >= 11 is 0. The molecule has 0 aliphatic heterocycles. The number of pyridine rings is 1. The van der Waals surface area contributed by atoms with E-state index in [0.29, 0.717) is 12.6 Å². The van der Waals surface area contributed by atoms with Crippen LogP contribution in [0.4, 0.5) is 0 Å². The lowest BCUT2D eigenvalue weighted by Gasteiger charge is -2.29. The lowest BCUT2D eigenvalue weighted by molar-refractivity contribution is -0.134. The number of nitrogens with zero attached hydrogens (tertiary/aromatic N) is 2. The van der Waals surface area contributed by atoms with Crippen LogP contribution in [-0.2, 0) is 17.8 Å². The molecule has 1 fully saturated rings. The zero-order chi connectivity index (χ0) is 17.5. The average Bonchev–Trinajstić information content (AvgIpc) is 3.46. The highest BCUT2D eigenvalue weighted by Gasteiger charge is 2.38. The summed E-state index contributed by atoms with van der Waals surface area (Å²) in [6, 6.07) is 14.7. The zero-order valence-electron chi connectivity index (χ0n) is 14.8. The van der Waals surface area contributed by atoms with Crippen molar-refractivity contribution >= 4 is 16.8 Å². The van der Waals surface area contributed by atoms with Crippen molar-refractivity contribution in [2.24, 2.45) is 0 Å². The van der Waals surface area contributed by atoms with E-state index in [-0.39, 0.29) is 11.8 Å². The summed E-state index contributed by atoms with van der Waals surface area (Å²) < 4.78 is 0. The Bertz CT molecular complexity index is 942. The molecule has 1 saturated carbocycles. The minimum absolute atomic E-state index is 0.0459. The van der Waals surface area contributed by atoms with Gasteiger partial charge in [0.15, 0.2) is 0 Å². The number of hydrogen-bond donors (Lipinski definition) is 1. The standard InChI is InChI=1S/C22H23N3O/c26-22(25(16-11-12-16)14-15-6-3-4-13-23-15)19-9-5-8-18-17-7-1-2-10-20(17)24-21(18)19/h1-4,6-7,10,13,16,19,24H,5,8-9,11-12,14H2/t19-/m0/s1. The van der Waals surface area contributed by atoms with Crippen molar-refractivity contribution in [2.75, 3.05) is 0 Å². The van der Waals surface area contributed by atoms with Gasteiger partial charge in [0.05, 0.1) is 18.2 Å². The Labute approximate surface area is 153 Å². The number of aromatic amines is 1. The van der Waals surface area contributed by atoms with E-state index in [0.717, 1.165) is 49.0 Å². The van der Waals surface area contributed by atoms with Crippen LogP contribution in [0.5, 0.6) is 0 Å². The second kappa shape index (κ2) is 6.27. The van der Waals surface area contributed by atoms with Gasteiger partial charge >= 0.3 is 0 Å². The largest absolute Gasteiger partial charge is 0.357 e. The fraction of sp³-hybridized carbons (Fsp3) is 0.364. The van der Waals surface area contributed by atoms with E-state index in [1.54, 1.807) is 6.20 Å². The van der Waals surface area contributed by atoms with Crippen LogP contribution < -0.4 is 0 Å². The fourth-order valence-corrected chi connectivity index (χ4v) is 4.30. The fourth-order valence-electron chi connectivity index (χ4n) is 4.30. The molecule has 4 nitrogen and oxygen atoms in total. The third-order valence-electron chi connectivity index (χ3n) is 5.74. The van der Waals surface area contributed by atoms with E-state index in [9.17, 15) is 4.79 Å². The molecule has 132 valence electrons. The molecule has 26 heavy (non-hydrogen) atoms. The van der Waals surface area contributed by atoms with Crippen LogP contribution >= 0.6 is 0 Å². The molecule has 4 heteroatoms. The number of nitrogens with one attached hydrogen (secondary N) is 1. The number of rotatable bonds is 4. The van der Waals surface area contributed by atoms with Crippen LogP contribution in [0.3, 0.4) is 0 Å². The summed E-state index contributed by atoms with van der Waals surface area (Å²) in [6.45, 7) is 0.621. The predicted molar refractivity (Wildman–Crippen MR) is 102 cm³/mol. The molecule has 2 aromatic heterocycles. The molecule has 1 aromatic carbocycles. The molecule has 3 aromatic rings. The average molecular weight is 345 g/mol. The summed E-state index contributed by atoms with van der Waals surface area (Å²) in [7, 11) is 0. The summed E-state index contributed by atoms with van der Waals surface area (Å²) in [5.74, 6) is 0.223. The summed E-state index contributed by atoms with van der Waals surface area (Å²) in [5, 5.41) is 1.28. The van der Waals surface area contributed by atoms with E-state index < -0.39 is 0 Å². The Morgan fingerprint density at radius 2 is 1.96 bits per heavy atom. The van der Waals surface area contributed by atoms with Gasteiger partial charge in [-0.2, -0.15) is 0 Å². The number of carbonyl (C=O) groups excluding carboxylic acids is 1. The number of amides is 1. The molecule has 2 heterocycles. The molecule has 0 spiro atoms. The molecule has 0 radical (unpaired) electrons. The highest BCUT2D eigenvalue weighted by molar-refractivity contribution is 5.90. The quantitative estimate of drug-likeness (QED) is 0.771. The van der Waals surface area contributed by atoms with Crippen LogP contribution in [0.1, 0.15) is 48.6 Å². The number of para-hydroxylation sites is 1. The van der Waals surface area contributed by atoms with Gasteiger partial charge < -0.3 is 9.88 Å². The summed E-state index contributed by atoms with van der Waals surface area (Å²) in [5.41, 5.74) is 4.62. The Hall–Kier alpha value is -2.62. The van der Waals surface area contributed by atoms with Gasteiger partial charge in [-0.15, -0.1) is 0 Å². The van der Waals surface area contributed by atoms with E-state index in [2.05, 4.69) is 39.1 Å². The van der Waals surface area contributed by atoms with Crippen molar-refractivity contribution in [3.8, 4) is 0 Å². The highest BCUT2D eigenvalue weighted by atomic mass is 16.2. The maximum atomic E-state index is 13.5. The first-order valence-electron chi connectivity index (χ1n) is 9.61. The van der Waals surface area contributed by atoms with Gasteiger partial charge in [-0.05, 0) is 55.9 Å². The van der Waals surface area contributed by atoms with E-state index in [4.69, 9.17) is 0 Å². The summed E-state index contributed by atoms with van der Waals surface area (Å²) in [4.78, 5) is 23.6. The first-order valence-corrected chi connectivity index (χ1v) is 9.61. The second-order valence-corrected chi connectivity index (χ2v) is 7.53. The predicted octanol–water partition coefficient (Wildman–Crippen LogP) is 4.17. The molecule has 0 saturated heterocycles. The molecule has 2 aliphatic carbocycles. The third-order valence-corrected chi connectivity index (χ3v) is 5.74. The number of aromatic nitrogens is 2. The number of hydrogen-bond acceptors (Lipinski definition) is 2. The van der Waals surface area contributed by atoms with Gasteiger partial charge in [0.1, 0.15) is 0 Å². The van der Waals surface area contributed by atoms with Crippen LogP contribution in [0.15, 0.2) is 48.7 Å². The number of aryl methyl sites for hydroxylation is 1. The van der Waals surface area contributed by atoms with Gasteiger partial charge in [-0.25, -0.2) is 0 Å². The van der Waals surface area contributed by atoms with Crippen molar-refractivity contribution in [3.63, 3.8) is 0 Å². The SMILES string of the molecule is O=C([C@H]1CCCc2c1[nH]c1ccccc21)N(Cc1ccccn1)C1CC1. The lowest BCUT2D eigenvalue weighted by Crippen LogP contribution is -2.37. The molecule has 5 rings (SSSR count). The number of fused-ring (bicyclic) bond motifs is 3. The van der Waals surface area contributed by atoms with Crippen molar-refractivity contribution in [3.05, 3.63) is 65.6 Å². The van der Waals surface area contributed by atoms with Crippen LogP contribution in [0.25, 0.3) is 10.9 Å². The topological polar surface area (TPSA) is 49.0 Å². The second-order valence-electron chi connectivity index (χ2n) is 7.53. The molecule has 0 bridgehead atoms. The Morgan fingerprint density at radius 1 is 1.12 bits per heavy atom. The number of carbonyl (C=O) groups is 1. The van der Waals surface area contributed by atoms with Gasteiger partial charge in [0, 0.05) is 28.8 Å². The lowest BCUT2D eigenvalue weighted by atomic mass is 9.85. The van der Waals surface area contributed by atoms with Gasteiger partial charge in [-0.3, -0.25) is 9.78 Å². The van der Waals surface area contributed by atoms with Gasteiger partial charge in [-0.1, -0.05) is 24.3 Å². The molecule has 1 amide bonds. The molecular formula is C22H23N3O. The minimum atomic E-state index is -0.0459. The highest BCUT2D eigenvalue weighted by Crippen LogP contribution is 2.39. The number of benzene rings is 1. The maximum Gasteiger partial charge on any atom is 0.232 e. The first-order chi connectivity index (χ1) is 12.8. The van der Waals surface area contributed by atoms with Crippen molar-refractivity contribution < 1.29 is 4.79 Å².